The van der Waals surface area contributed by atoms with E-state index in [0.29, 0.717) is 18.4 Å². The third kappa shape index (κ3) is 5.12. The SMILES string of the molecule is CCC(C)CN(C)c1cccc(F)c1CNCC(C)C. The van der Waals surface area contributed by atoms with Crippen LogP contribution in [0.2, 0.25) is 0 Å². The summed E-state index contributed by atoms with van der Waals surface area (Å²) < 4.78 is 14.1. The molecule has 1 unspecified atom stereocenters. The van der Waals surface area contributed by atoms with Gasteiger partial charge < -0.3 is 10.2 Å². The van der Waals surface area contributed by atoms with Gasteiger partial charge in [-0.3, -0.25) is 0 Å². The number of benzene rings is 1. The first-order chi connectivity index (χ1) is 9.45. The van der Waals surface area contributed by atoms with E-state index in [2.05, 4.69) is 37.9 Å². The normalized spacial score (nSPS) is 12.8. The minimum Gasteiger partial charge on any atom is -0.374 e. The monoisotopic (exact) mass is 280 g/mol. The van der Waals surface area contributed by atoms with Crippen molar-refractivity contribution in [3.63, 3.8) is 0 Å². The standard InChI is InChI=1S/C17H29FN2/c1-6-14(4)12-20(5)17-9-7-8-16(18)15(17)11-19-10-13(2)3/h7-9,13-14,19H,6,10-12H2,1-5H3. The Hall–Kier alpha value is -1.09. The smallest absolute Gasteiger partial charge is 0.129 e. The van der Waals surface area contributed by atoms with Gasteiger partial charge in [0.1, 0.15) is 5.82 Å². The summed E-state index contributed by atoms with van der Waals surface area (Å²) in [6, 6.07) is 5.36. The van der Waals surface area contributed by atoms with Gasteiger partial charge in [-0.1, -0.05) is 40.2 Å². The molecule has 0 saturated heterocycles. The third-order valence-corrected chi connectivity index (χ3v) is 3.64. The van der Waals surface area contributed by atoms with Crippen molar-refractivity contribution in [3.8, 4) is 0 Å². The van der Waals surface area contributed by atoms with Crippen molar-refractivity contribution in [3.05, 3.63) is 29.6 Å². The van der Waals surface area contributed by atoms with Crippen molar-refractivity contribution < 1.29 is 4.39 Å². The van der Waals surface area contributed by atoms with E-state index >= 15 is 0 Å². The minimum absolute atomic E-state index is 0.116. The lowest BCUT2D eigenvalue weighted by Crippen LogP contribution is -2.27. The van der Waals surface area contributed by atoms with Crippen LogP contribution in [0, 0.1) is 17.7 Å². The molecule has 0 aliphatic rings. The summed E-state index contributed by atoms with van der Waals surface area (Å²) in [7, 11) is 2.05. The Morgan fingerprint density at radius 1 is 1.25 bits per heavy atom. The minimum atomic E-state index is -0.116. The van der Waals surface area contributed by atoms with Crippen molar-refractivity contribution in [2.45, 2.75) is 40.7 Å². The van der Waals surface area contributed by atoms with E-state index in [1.807, 2.05) is 13.1 Å². The number of nitrogens with zero attached hydrogens (tertiary/aromatic N) is 1. The Labute approximate surface area is 123 Å². The van der Waals surface area contributed by atoms with Gasteiger partial charge in [0.15, 0.2) is 0 Å². The molecule has 0 radical (unpaired) electrons. The molecule has 0 heterocycles. The van der Waals surface area contributed by atoms with Gasteiger partial charge in [-0.2, -0.15) is 0 Å². The van der Waals surface area contributed by atoms with Crippen LogP contribution in [-0.4, -0.2) is 20.1 Å². The van der Waals surface area contributed by atoms with Crippen LogP contribution >= 0.6 is 0 Å². The molecule has 0 saturated carbocycles. The Morgan fingerprint density at radius 2 is 1.95 bits per heavy atom. The number of anilines is 1. The molecule has 0 aromatic heterocycles. The Bertz CT molecular complexity index is 404. The van der Waals surface area contributed by atoms with Gasteiger partial charge in [0.05, 0.1) is 0 Å². The molecular formula is C17H29FN2. The van der Waals surface area contributed by atoms with E-state index in [4.69, 9.17) is 0 Å². The molecule has 1 atom stereocenters. The van der Waals surface area contributed by atoms with E-state index in [-0.39, 0.29) is 5.82 Å². The maximum Gasteiger partial charge on any atom is 0.129 e. The highest BCUT2D eigenvalue weighted by Gasteiger charge is 2.13. The average Bonchev–Trinajstić information content (AvgIpc) is 2.39. The number of nitrogens with one attached hydrogen (secondary N) is 1. The van der Waals surface area contributed by atoms with E-state index < -0.39 is 0 Å². The van der Waals surface area contributed by atoms with Crippen molar-refractivity contribution >= 4 is 5.69 Å². The summed E-state index contributed by atoms with van der Waals surface area (Å²) >= 11 is 0. The Kier molecular flexibility index (Phi) is 7.00. The number of hydrogen-bond acceptors (Lipinski definition) is 2. The maximum absolute atomic E-state index is 14.1. The molecule has 0 aliphatic carbocycles. The second-order valence-corrected chi connectivity index (χ2v) is 6.16. The van der Waals surface area contributed by atoms with E-state index in [9.17, 15) is 4.39 Å². The van der Waals surface area contributed by atoms with Crippen LogP contribution in [0.4, 0.5) is 10.1 Å². The first-order valence-electron chi connectivity index (χ1n) is 7.64. The van der Waals surface area contributed by atoms with Gasteiger partial charge in [-0.15, -0.1) is 0 Å². The van der Waals surface area contributed by atoms with E-state index in [1.165, 1.54) is 0 Å². The topological polar surface area (TPSA) is 15.3 Å². The van der Waals surface area contributed by atoms with Gasteiger partial charge in [0.25, 0.3) is 0 Å². The van der Waals surface area contributed by atoms with Crippen LogP contribution in [0.1, 0.15) is 39.7 Å². The molecule has 1 rings (SSSR count). The highest BCUT2D eigenvalue weighted by Crippen LogP contribution is 2.23. The molecule has 0 bridgehead atoms. The van der Waals surface area contributed by atoms with Crippen LogP contribution in [0.15, 0.2) is 18.2 Å². The van der Waals surface area contributed by atoms with E-state index in [1.54, 1.807) is 12.1 Å². The zero-order valence-corrected chi connectivity index (χ0v) is 13.5. The second-order valence-electron chi connectivity index (χ2n) is 6.16. The second kappa shape index (κ2) is 8.25. The quantitative estimate of drug-likeness (QED) is 0.772. The number of halogens is 1. The summed E-state index contributed by atoms with van der Waals surface area (Å²) in [4.78, 5) is 2.17. The lowest BCUT2D eigenvalue weighted by molar-refractivity contribution is 0.530. The first-order valence-corrected chi connectivity index (χ1v) is 7.64. The molecule has 20 heavy (non-hydrogen) atoms. The van der Waals surface area contributed by atoms with Gasteiger partial charge in [-0.25, -0.2) is 4.39 Å². The fourth-order valence-corrected chi connectivity index (χ4v) is 2.26. The summed E-state index contributed by atoms with van der Waals surface area (Å²) in [6.45, 7) is 11.2. The van der Waals surface area contributed by atoms with Crippen LogP contribution in [0.3, 0.4) is 0 Å². The summed E-state index contributed by atoms with van der Waals surface area (Å²) in [5.74, 6) is 1.07. The van der Waals surface area contributed by atoms with E-state index in [0.717, 1.165) is 30.8 Å². The lowest BCUT2D eigenvalue weighted by atomic mass is 10.1. The fraction of sp³-hybridized carbons (Fsp3) is 0.647. The molecule has 0 aliphatic heterocycles. The van der Waals surface area contributed by atoms with Crippen molar-refractivity contribution in [2.24, 2.45) is 11.8 Å². The summed E-state index contributed by atoms with van der Waals surface area (Å²) in [5, 5.41) is 3.34. The van der Waals surface area contributed by atoms with Gasteiger partial charge in [-0.05, 0) is 30.5 Å². The van der Waals surface area contributed by atoms with Crippen molar-refractivity contribution in [1.82, 2.24) is 5.32 Å². The molecule has 1 N–H and O–H groups in total. The van der Waals surface area contributed by atoms with Crippen LogP contribution in [0.25, 0.3) is 0 Å². The van der Waals surface area contributed by atoms with Crippen LogP contribution in [0.5, 0.6) is 0 Å². The predicted octanol–water partition coefficient (Wildman–Crippen LogP) is 4.05. The molecule has 0 amide bonds. The predicted molar refractivity (Wildman–Crippen MR) is 85.7 cm³/mol. The molecular weight excluding hydrogens is 251 g/mol. The van der Waals surface area contributed by atoms with Crippen LogP contribution < -0.4 is 10.2 Å². The molecule has 0 fully saturated rings. The third-order valence-electron chi connectivity index (χ3n) is 3.64. The van der Waals surface area contributed by atoms with Gasteiger partial charge in [0, 0.05) is 31.4 Å². The highest BCUT2D eigenvalue weighted by atomic mass is 19.1. The average molecular weight is 280 g/mol. The summed E-state index contributed by atoms with van der Waals surface area (Å²) in [6.07, 6.45) is 1.14. The number of rotatable bonds is 8. The molecule has 2 nitrogen and oxygen atoms in total. The van der Waals surface area contributed by atoms with Gasteiger partial charge in [0.2, 0.25) is 0 Å². The first kappa shape index (κ1) is 17.0. The lowest BCUT2D eigenvalue weighted by Gasteiger charge is -2.26. The zero-order valence-electron chi connectivity index (χ0n) is 13.5. The Morgan fingerprint density at radius 3 is 2.55 bits per heavy atom. The molecule has 114 valence electrons. The van der Waals surface area contributed by atoms with Crippen molar-refractivity contribution in [2.75, 3.05) is 25.0 Å². The summed E-state index contributed by atoms with van der Waals surface area (Å²) in [5.41, 5.74) is 1.78. The van der Waals surface area contributed by atoms with Crippen LogP contribution in [-0.2, 0) is 6.54 Å². The molecule has 1 aromatic rings. The maximum atomic E-state index is 14.1. The zero-order chi connectivity index (χ0) is 15.1. The molecule has 1 aromatic carbocycles. The highest BCUT2D eigenvalue weighted by molar-refractivity contribution is 5.53. The molecule has 0 spiro atoms. The fourth-order valence-electron chi connectivity index (χ4n) is 2.26. The molecule has 3 heteroatoms. The van der Waals surface area contributed by atoms with Gasteiger partial charge >= 0.3 is 0 Å². The van der Waals surface area contributed by atoms with Crippen molar-refractivity contribution in [1.29, 1.82) is 0 Å². The Balaban J connectivity index is 2.81. The number of hydrogen-bond donors (Lipinski definition) is 1. The largest absolute Gasteiger partial charge is 0.374 e.